The first-order valence-corrected chi connectivity index (χ1v) is 4.52. The van der Waals surface area contributed by atoms with Crippen LogP contribution in [0.25, 0.3) is 0 Å². The molecule has 1 atom stereocenters. The summed E-state index contributed by atoms with van der Waals surface area (Å²) in [6, 6.07) is 0. The monoisotopic (exact) mass is 170 g/mol. The number of carboxylic acids is 1. The SMILES string of the molecule is O=C(O)CC1(O)CCCC12CC2. The van der Waals surface area contributed by atoms with Crippen LogP contribution in [0, 0.1) is 5.41 Å². The highest BCUT2D eigenvalue weighted by Gasteiger charge is 2.61. The van der Waals surface area contributed by atoms with Crippen molar-refractivity contribution in [3.63, 3.8) is 0 Å². The molecule has 3 heteroatoms. The summed E-state index contributed by atoms with van der Waals surface area (Å²) in [4.78, 5) is 10.5. The molecule has 2 N–H and O–H groups in total. The number of carboxylic acid groups (broad SMARTS) is 1. The quantitative estimate of drug-likeness (QED) is 0.653. The summed E-state index contributed by atoms with van der Waals surface area (Å²) in [7, 11) is 0. The van der Waals surface area contributed by atoms with E-state index in [1.807, 2.05) is 0 Å². The lowest BCUT2D eigenvalue weighted by Gasteiger charge is -2.28. The highest BCUT2D eigenvalue weighted by Crippen LogP contribution is 2.64. The predicted molar refractivity (Wildman–Crippen MR) is 42.7 cm³/mol. The smallest absolute Gasteiger partial charge is 0.306 e. The fourth-order valence-corrected chi connectivity index (χ4v) is 2.61. The van der Waals surface area contributed by atoms with Crippen molar-refractivity contribution >= 4 is 5.97 Å². The Hall–Kier alpha value is -0.570. The summed E-state index contributed by atoms with van der Waals surface area (Å²) in [5.41, 5.74) is -0.871. The van der Waals surface area contributed by atoms with Gasteiger partial charge in [0.2, 0.25) is 0 Å². The van der Waals surface area contributed by atoms with E-state index < -0.39 is 11.6 Å². The third-order valence-corrected chi connectivity index (χ3v) is 3.53. The van der Waals surface area contributed by atoms with Gasteiger partial charge in [-0.2, -0.15) is 0 Å². The zero-order valence-corrected chi connectivity index (χ0v) is 7.05. The van der Waals surface area contributed by atoms with Crippen molar-refractivity contribution in [2.75, 3.05) is 0 Å². The standard InChI is InChI=1S/C9H14O3/c10-7(11)6-9(12)3-1-2-8(9)4-5-8/h12H,1-6H2,(H,10,11). The third-order valence-electron chi connectivity index (χ3n) is 3.53. The minimum atomic E-state index is -0.876. The van der Waals surface area contributed by atoms with Gasteiger partial charge < -0.3 is 10.2 Å². The number of rotatable bonds is 2. The Morgan fingerprint density at radius 1 is 1.25 bits per heavy atom. The first kappa shape index (κ1) is 8.05. The molecule has 2 aliphatic rings. The molecule has 0 aromatic carbocycles. The van der Waals surface area contributed by atoms with Gasteiger partial charge in [0.1, 0.15) is 0 Å². The molecule has 2 rings (SSSR count). The average molecular weight is 170 g/mol. The van der Waals surface area contributed by atoms with E-state index in [1.165, 1.54) is 0 Å². The maximum absolute atomic E-state index is 10.5. The van der Waals surface area contributed by atoms with Crippen LogP contribution in [0.4, 0.5) is 0 Å². The molecule has 2 fully saturated rings. The van der Waals surface area contributed by atoms with Gasteiger partial charge in [-0.25, -0.2) is 0 Å². The zero-order chi connectivity index (χ0) is 8.82. The van der Waals surface area contributed by atoms with Gasteiger partial charge in [-0.3, -0.25) is 4.79 Å². The van der Waals surface area contributed by atoms with E-state index in [-0.39, 0.29) is 11.8 Å². The van der Waals surface area contributed by atoms with Crippen LogP contribution in [0.2, 0.25) is 0 Å². The van der Waals surface area contributed by atoms with Crippen molar-refractivity contribution in [2.45, 2.75) is 44.1 Å². The van der Waals surface area contributed by atoms with Crippen LogP contribution < -0.4 is 0 Å². The van der Waals surface area contributed by atoms with E-state index in [9.17, 15) is 9.90 Å². The second kappa shape index (κ2) is 2.22. The highest BCUT2D eigenvalue weighted by molar-refractivity contribution is 5.68. The molecular weight excluding hydrogens is 156 g/mol. The number of aliphatic hydroxyl groups is 1. The first-order valence-electron chi connectivity index (χ1n) is 4.52. The predicted octanol–water partition coefficient (Wildman–Crippen LogP) is 1.16. The van der Waals surface area contributed by atoms with Crippen LogP contribution in [0.3, 0.4) is 0 Å². The molecule has 1 unspecified atom stereocenters. The number of hydrogen-bond acceptors (Lipinski definition) is 2. The summed E-state index contributed by atoms with van der Waals surface area (Å²) in [5, 5.41) is 18.7. The van der Waals surface area contributed by atoms with Crippen molar-refractivity contribution in [1.82, 2.24) is 0 Å². The van der Waals surface area contributed by atoms with Crippen molar-refractivity contribution in [1.29, 1.82) is 0 Å². The van der Waals surface area contributed by atoms with E-state index in [0.717, 1.165) is 25.7 Å². The molecule has 0 aliphatic heterocycles. The molecule has 2 aliphatic carbocycles. The summed E-state index contributed by atoms with van der Waals surface area (Å²) in [6.45, 7) is 0. The topological polar surface area (TPSA) is 57.5 Å². The normalized spacial score (nSPS) is 37.1. The summed E-state index contributed by atoms with van der Waals surface area (Å²) >= 11 is 0. The van der Waals surface area contributed by atoms with Gasteiger partial charge in [-0.15, -0.1) is 0 Å². The van der Waals surface area contributed by atoms with Gasteiger partial charge in [-0.05, 0) is 37.5 Å². The van der Waals surface area contributed by atoms with E-state index >= 15 is 0 Å². The van der Waals surface area contributed by atoms with Crippen LogP contribution in [-0.2, 0) is 4.79 Å². The van der Waals surface area contributed by atoms with Crippen LogP contribution in [0.5, 0.6) is 0 Å². The lowest BCUT2D eigenvalue weighted by atomic mass is 9.85. The Morgan fingerprint density at radius 3 is 2.42 bits per heavy atom. The van der Waals surface area contributed by atoms with Crippen molar-refractivity contribution < 1.29 is 15.0 Å². The minimum Gasteiger partial charge on any atom is -0.481 e. The van der Waals surface area contributed by atoms with Gasteiger partial charge in [0.25, 0.3) is 0 Å². The van der Waals surface area contributed by atoms with Crippen molar-refractivity contribution in [2.24, 2.45) is 5.41 Å². The van der Waals surface area contributed by atoms with Crippen LogP contribution in [0.1, 0.15) is 38.5 Å². The summed E-state index contributed by atoms with van der Waals surface area (Å²) in [6.07, 6.45) is 4.68. The van der Waals surface area contributed by atoms with Crippen molar-refractivity contribution in [3.05, 3.63) is 0 Å². The molecule has 68 valence electrons. The molecule has 2 saturated carbocycles. The lowest BCUT2D eigenvalue weighted by Crippen LogP contribution is -2.37. The number of aliphatic carboxylic acids is 1. The van der Waals surface area contributed by atoms with Crippen LogP contribution in [0.15, 0.2) is 0 Å². The van der Waals surface area contributed by atoms with E-state index in [1.54, 1.807) is 0 Å². The fraction of sp³-hybridized carbons (Fsp3) is 0.889. The van der Waals surface area contributed by atoms with Crippen molar-refractivity contribution in [3.8, 4) is 0 Å². The first-order chi connectivity index (χ1) is 5.58. The molecule has 1 spiro atoms. The van der Waals surface area contributed by atoms with E-state index in [2.05, 4.69) is 0 Å². The Morgan fingerprint density at radius 2 is 1.92 bits per heavy atom. The Bertz CT molecular complexity index is 220. The van der Waals surface area contributed by atoms with Gasteiger partial charge in [0.15, 0.2) is 0 Å². The zero-order valence-electron chi connectivity index (χ0n) is 7.05. The molecule has 0 heterocycles. The fourth-order valence-electron chi connectivity index (χ4n) is 2.61. The molecule has 0 bridgehead atoms. The maximum Gasteiger partial charge on any atom is 0.306 e. The maximum atomic E-state index is 10.5. The largest absolute Gasteiger partial charge is 0.481 e. The minimum absolute atomic E-state index is 0.00535. The molecule has 12 heavy (non-hydrogen) atoms. The van der Waals surface area contributed by atoms with Gasteiger partial charge in [0, 0.05) is 0 Å². The Balaban J connectivity index is 2.13. The molecular formula is C9H14O3. The molecule has 0 aromatic heterocycles. The summed E-state index contributed by atoms with van der Waals surface area (Å²) < 4.78 is 0. The second-order valence-corrected chi connectivity index (χ2v) is 4.24. The molecule has 0 amide bonds. The molecule has 0 saturated heterocycles. The van der Waals surface area contributed by atoms with E-state index in [0.29, 0.717) is 6.42 Å². The van der Waals surface area contributed by atoms with E-state index in [4.69, 9.17) is 5.11 Å². The highest BCUT2D eigenvalue weighted by atomic mass is 16.4. The summed E-state index contributed by atoms with van der Waals surface area (Å²) in [5.74, 6) is -0.870. The van der Waals surface area contributed by atoms with Gasteiger partial charge in [-0.1, -0.05) is 0 Å². The Labute approximate surface area is 71.4 Å². The van der Waals surface area contributed by atoms with Gasteiger partial charge >= 0.3 is 5.97 Å². The van der Waals surface area contributed by atoms with Crippen LogP contribution >= 0.6 is 0 Å². The third kappa shape index (κ3) is 0.959. The molecule has 3 nitrogen and oxygen atoms in total. The Kier molecular flexibility index (Phi) is 1.49. The average Bonchev–Trinajstić information content (AvgIpc) is 2.60. The second-order valence-electron chi connectivity index (χ2n) is 4.24. The number of carbonyl (C=O) groups is 1. The lowest BCUT2D eigenvalue weighted by molar-refractivity contribution is -0.144. The molecule has 0 radical (unpaired) electrons. The number of hydrogen-bond donors (Lipinski definition) is 2. The van der Waals surface area contributed by atoms with Crippen LogP contribution in [-0.4, -0.2) is 21.8 Å². The van der Waals surface area contributed by atoms with Gasteiger partial charge in [0.05, 0.1) is 12.0 Å². The molecule has 0 aromatic rings.